The SMILES string of the molecule is CP(C)(=O)c1c2ccccc2c(Br)c2ccccc12. The van der Waals surface area contributed by atoms with Gasteiger partial charge in [0.1, 0.15) is 7.14 Å². The average Bonchev–Trinajstić information content (AvgIpc) is 2.38. The van der Waals surface area contributed by atoms with Crippen LogP contribution in [0.25, 0.3) is 21.5 Å². The summed E-state index contributed by atoms with van der Waals surface area (Å²) in [5.41, 5.74) is 0. The largest absolute Gasteiger partial charge is 0.319 e. The highest BCUT2D eigenvalue weighted by atomic mass is 79.9. The van der Waals surface area contributed by atoms with Crippen LogP contribution in [0.3, 0.4) is 0 Å². The van der Waals surface area contributed by atoms with Crippen LogP contribution in [0.15, 0.2) is 53.0 Å². The summed E-state index contributed by atoms with van der Waals surface area (Å²) < 4.78 is 13.8. The zero-order valence-corrected chi connectivity index (χ0v) is 13.3. The summed E-state index contributed by atoms with van der Waals surface area (Å²) in [4.78, 5) is 0. The fraction of sp³-hybridized carbons (Fsp3) is 0.125. The van der Waals surface area contributed by atoms with Crippen LogP contribution < -0.4 is 5.30 Å². The lowest BCUT2D eigenvalue weighted by atomic mass is 10.0. The maximum Gasteiger partial charge on any atom is 0.111 e. The van der Waals surface area contributed by atoms with Crippen molar-refractivity contribution < 1.29 is 4.57 Å². The minimum atomic E-state index is -2.35. The van der Waals surface area contributed by atoms with Crippen molar-refractivity contribution in [1.82, 2.24) is 0 Å². The molecule has 0 saturated carbocycles. The number of benzene rings is 3. The van der Waals surface area contributed by atoms with E-state index in [9.17, 15) is 4.57 Å². The Morgan fingerprint density at radius 1 is 0.789 bits per heavy atom. The molecule has 3 rings (SSSR count). The van der Waals surface area contributed by atoms with Crippen LogP contribution in [0.2, 0.25) is 0 Å². The molecule has 0 aliphatic heterocycles. The number of hydrogen-bond acceptors (Lipinski definition) is 1. The lowest BCUT2D eigenvalue weighted by Gasteiger charge is -2.16. The molecule has 3 heteroatoms. The molecule has 0 fully saturated rings. The second kappa shape index (κ2) is 4.47. The highest BCUT2D eigenvalue weighted by molar-refractivity contribution is 9.10. The van der Waals surface area contributed by atoms with Crippen molar-refractivity contribution in [1.29, 1.82) is 0 Å². The van der Waals surface area contributed by atoms with Crippen molar-refractivity contribution in [2.75, 3.05) is 13.3 Å². The number of halogens is 1. The lowest BCUT2D eigenvalue weighted by Crippen LogP contribution is -2.07. The molecule has 0 aromatic heterocycles. The highest BCUT2D eigenvalue weighted by Crippen LogP contribution is 2.43. The molecular formula is C16H14BrOP. The maximum atomic E-state index is 12.7. The number of fused-ring (bicyclic) bond motifs is 2. The Morgan fingerprint density at radius 2 is 1.16 bits per heavy atom. The minimum Gasteiger partial charge on any atom is -0.319 e. The topological polar surface area (TPSA) is 17.1 Å². The van der Waals surface area contributed by atoms with Gasteiger partial charge in [-0.1, -0.05) is 48.5 Å². The summed E-state index contributed by atoms with van der Waals surface area (Å²) in [5.74, 6) is 0. The summed E-state index contributed by atoms with van der Waals surface area (Å²) in [6.07, 6.45) is 0. The first-order valence-corrected chi connectivity index (χ1v) is 9.54. The molecule has 19 heavy (non-hydrogen) atoms. The van der Waals surface area contributed by atoms with E-state index in [1.165, 1.54) is 0 Å². The molecule has 0 heterocycles. The van der Waals surface area contributed by atoms with E-state index in [1.54, 1.807) is 0 Å². The third-order valence-corrected chi connectivity index (χ3v) is 5.79. The average molecular weight is 333 g/mol. The predicted octanol–water partition coefficient (Wildman–Crippen LogP) is 5.00. The van der Waals surface area contributed by atoms with Gasteiger partial charge in [-0.15, -0.1) is 0 Å². The molecule has 0 aliphatic rings. The molecule has 0 N–H and O–H groups in total. The van der Waals surface area contributed by atoms with E-state index in [0.29, 0.717) is 0 Å². The van der Waals surface area contributed by atoms with E-state index < -0.39 is 7.14 Å². The second-order valence-electron chi connectivity index (χ2n) is 5.10. The van der Waals surface area contributed by atoms with Crippen LogP contribution in [-0.2, 0) is 4.57 Å². The molecule has 1 nitrogen and oxygen atoms in total. The summed E-state index contributed by atoms with van der Waals surface area (Å²) >= 11 is 3.69. The molecule has 3 aromatic carbocycles. The fourth-order valence-electron chi connectivity index (χ4n) is 2.63. The first kappa shape index (κ1) is 12.9. The van der Waals surface area contributed by atoms with Gasteiger partial charge in [0.05, 0.1) is 0 Å². The van der Waals surface area contributed by atoms with E-state index >= 15 is 0 Å². The first-order chi connectivity index (χ1) is 9.00. The summed E-state index contributed by atoms with van der Waals surface area (Å²) in [6.45, 7) is 3.68. The molecule has 0 radical (unpaired) electrons. The van der Waals surface area contributed by atoms with E-state index in [1.807, 2.05) is 37.6 Å². The van der Waals surface area contributed by atoms with Crippen molar-refractivity contribution in [3.8, 4) is 0 Å². The van der Waals surface area contributed by atoms with E-state index in [2.05, 4.69) is 40.2 Å². The van der Waals surface area contributed by atoms with Crippen molar-refractivity contribution in [2.24, 2.45) is 0 Å². The molecule has 0 spiro atoms. The third kappa shape index (κ3) is 2.04. The zero-order chi connectivity index (χ0) is 13.6. The molecular weight excluding hydrogens is 319 g/mol. The highest BCUT2D eigenvalue weighted by Gasteiger charge is 2.20. The Kier molecular flexibility index (Phi) is 3.03. The molecule has 0 aliphatic carbocycles. The Bertz CT molecular complexity index is 776. The standard InChI is InChI=1S/C16H14BrOP/c1-19(2,18)16-13-9-5-3-7-11(13)15(17)12-8-4-6-10-14(12)16/h3-10H,1-2H3. The zero-order valence-electron chi connectivity index (χ0n) is 10.9. The normalized spacial score (nSPS) is 12.2. The van der Waals surface area contributed by atoms with Gasteiger partial charge in [-0.2, -0.15) is 0 Å². The van der Waals surface area contributed by atoms with Crippen molar-refractivity contribution in [3.05, 3.63) is 53.0 Å². The van der Waals surface area contributed by atoms with E-state index in [0.717, 1.165) is 31.3 Å². The van der Waals surface area contributed by atoms with Crippen LogP contribution in [0.4, 0.5) is 0 Å². The Morgan fingerprint density at radius 3 is 1.53 bits per heavy atom. The fourth-order valence-corrected chi connectivity index (χ4v) is 4.87. The molecule has 96 valence electrons. The van der Waals surface area contributed by atoms with Crippen molar-refractivity contribution in [2.45, 2.75) is 0 Å². The van der Waals surface area contributed by atoms with Crippen LogP contribution in [0, 0.1) is 0 Å². The van der Waals surface area contributed by atoms with Gasteiger partial charge in [-0.05, 0) is 50.8 Å². The van der Waals surface area contributed by atoms with Gasteiger partial charge in [0.2, 0.25) is 0 Å². The van der Waals surface area contributed by atoms with Crippen molar-refractivity contribution >= 4 is 49.9 Å². The molecule has 0 amide bonds. The van der Waals surface area contributed by atoms with Gasteiger partial charge in [0, 0.05) is 9.78 Å². The Balaban J connectivity index is 2.69. The summed E-state index contributed by atoms with van der Waals surface area (Å²) in [7, 11) is -2.35. The molecule has 0 atom stereocenters. The van der Waals surface area contributed by atoms with Gasteiger partial charge >= 0.3 is 0 Å². The number of rotatable bonds is 1. The molecule has 0 bridgehead atoms. The molecule has 0 saturated heterocycles. The Labute approximate surface area is 121 Å². The predicted molar refractivity (Wildman–Crippen MR) is 88.2 cm³/mol. The monoisotopic (exact) mass is 332 g/mol. The quantitative estimate of drug-likeness (QED) is 0.452. The Hall–Kier alpha value is -1.11. The van der Waals surface area contributed by atoms with Gasteiger partial charge < -0.3 is 4.57 Å². The summed E-state index contributed by atoms with van der Waals surface area (Å²) in [6, 6.07) is 16.3. The minimum absolute atomic E-state index is 0.988. The van der Waals surface area contributed by atoms with Crippen molar-refractivity contribution in [3.63, 3.8) is 0 Å². The first-order valence-electron chi connectivity index (χ1n) is 6.14. The maximum absolute atomic E-state index is 12.7. The number of hydrogen-bond donors (Lipinski definition) is 0. The third-order valence-electron chi connectivity index (χ3n) is 3.38. The van der Waals surface area contributed by atoms with Gasteiger partial charge in [-0.3, -0.25) is 0 Å². The summed E-state index contributed by atoms with van der Waals surface area (Å²) in [5, 5.41) is 5.41. The second-order valence-corrected chi connectivity index (χ2v) is 9.05. The van der Waals surface area contributed by atoms with Crippen LogP contribution in [0.5, 0.6) is 0 Å². The van der Waals surface area contributed by atoms with Gasteiger partial charge in [-0.25, -0.2) is 0 Å². The van der Waals surface area contributed by atoms with E-state index in [4.69, 9.17) is 0 Å². The van der Waals surface area contributed by atoms with Gasteiger partial charge in [0.15, 0.2) is 0 Å². The van der Waals surface area contributed by atoms with E-state index in [-0.39, 0.29) is 0 Å². The lowest BCUT2D eigenvalue weighted by molar-refractivity contribution is 0.588. The van der Waals surface area contributed by atoms with Crippen LogP contribution >= 0.6 is 23.1 Å². The molecule has 0 unspecified atom stereocenters. The van der Waals surface area contributed by atoms with Gasteiger partial charge in [0.25, 0.3) is 0 Å². The smallest absolute Gasteiger partial charge is 0.111 e. The van der Waals surface area contributed by atoms with Crippen LogP contribution in [0.1, 0.15) is 0 Å². The van der Waals surface area contributed by atoms with Crippen LogP contribution in [-0.4, -0.2) is 13.3 Å². The molecule has 3 aromatic rings.